The Balaban J connectivity index is 2.54. The summed E-state index contributed by atoms with van der Waals surface area (Å²) in [4.78, 5) is 0. The van der Waals surface area contributed by atoms with Crippen molar-refractivity contribution in [3.63, 3.8) is 0 Å². The van der Waals surface area contributed by atoms with Gasteiger partial charge >= 0.3 is 0 Å². The summed E-state index contributed by atoms with van der Waals surface area (Å²) in [6.07, 6.45) is 1.000. The molecule has 0 aliphatic carbocycles. The summed E-state index contributed by atoms with van der Waals surface area (Å²) in [5, 5.41) is 3.49. The smallest absolute Gasteiger partial charge is 0.173 e. The third kappa shape index (κ3) is 2.63. The second kappa shape index (κ2) is 5.70. The lowest BCUT2D eigenvalue weighted by Gasteiger charge is -2.07. The molecule has 0 atom stereocenters. The van der Waals surface area contributed by atoms with Crippen LogP contribution in [0.5, 0.6) is 0 Å². The highest BCUT2D eigenvalue weighted by molar-refractivity contribution is 5.84. The van der Waals surface area contributed by atoms with Crippen LogP contribution in [-0.2, 0) is 6.54 Å². The van der Waals surface area contributed by atoms with Gasteiger partial charge in [0.15, 0.2) is 11.4 Å². The SMILES string of the molecule is CCCNCc1oc2c(F)ccc(F)c2c1C(C)C. The van der Waals surface area contributed by atoms with E-state index < -0.39 is 11.6 Å². The molecule has 1 aromatic heterocycles. The normalized spacial score (nSPS) is 11.7. The van der Waals surface area contributed by atoms with Crippen LogP contribution in [0.3, 0.4) is 0 Å². The first kappa shape index (κ1) is 14.0. The number of fused-ring (bicyclic) bond motifs is 1. The summed E-state index contributed by atoms with van der Waals surface area (Å²) in [5.74, 6) is -0.232. The molecule has 19 heavy (non-hydrogen) atoms. The third-order valence-electron chi connectivity index (χ3n) is 3.14. The van der Waals surface area contributed by atoms with E-state index in [2.05, 4.69) is 12.2 Å². The minimum absolute atomic E-state index is 0.0250. The molecular formula is C15H19F2NO. The van der Waals surface area contributed by atoms with Gasteiger partial charge in [-0.05, 0) is 31.0 Å². The standard InChI is InChI=1S/C15H19F2NO/c1-4-7-18-8-12-13(9(2)3)14-10(16)5-6-11(17)15(14)19-12/h5-6,9,18H,4,7-8H2,1-3H3. The zero-order chi connectivity index (χ0) is 14.0. The molecule has 0 fully saturated rings. The lowest BCUT2D eigenvalue weighted by molar-refractivity contribution is 0.487. The second-order valence-corrected chi connectivity index (χ2v) is 5.00. The van der Waals surface area contributed by atoms with Crippen molar-refractivity contribution in [1.29, 1.82) is 0 Å². The van der Waals surface area contributed by atoms with Crippen LogP contribution in [-0.4, -0.2) is 6.54 Å². The summed E-state index contributed by atoms with van der Waals surface area (Å²) >= 11 is 0. The van der Waals surface area contributed by atoms with Gasteiger partial charge in [-0.3, -0.25) is 0 Å². The number of benzene rings is 1. The van der Waals surface area contributed by atoms with Crippen molar-refractivity contribution in [3.05, 3.63) is 35.1 Å². The summed E-state index contributed by atoms with van der Waals surface area (Å²) in [5.41, 5.74) is 0.785. The molecule has 1 N–H and O–H groups in total. The van der Waals surface area contributed by atoms with Gasteiger partial charge in [-0.15, -0.1) is 0 Å². The molecule has 0 saturated heterocycles. The van der Waals surface area contributed by atoms with Crippen LogP contribution < -0.4 is 5.32 Å². The minimum atomic E-state index is -0.514. The summed E-state index contributed by atoms with van der Waals surface area (Å²) < 4.78 is 33.2. The molecule has 0 spiro atoms. The highest BCUT2D eigenvalue weighted by Crippen LogP contribution is 2.34. The highest BCUT2D eigenvalue weighted by Gasteiger charge is 2.22. The fourth-order valence-electron chi connectivity index (χ4n) is 2.32. The quantitative estimate of drug-likeness (QED) is 0.815. The fraction of sp³-hybridized carbons (Fsp3) is 0.467. The maximum absolute atomic E-state index is 13.9. The van der Waals surface area contributed by atoms with E-state index in [0.29, 0.717) is 12.3 Å². The largest absolute Gasteiger partial charge is 0.456 e. The number of halogens is 2. The van der Waals surface area contributed by atoms with Crippen LogP contribution in [0.25, 0.3) is 11.0 Å². The summed E-state index contributed by atoms with van der Waals surface area (Å²) in [6, 6.07) is 2.26. The van der Waals surface area contributed by atoms with E-state index in [1.54, 1.807) is 0 Å². The van der Waals surface area contributed by atoms with Gasteiger partial charge in [0.05, 0.1) is 11.9 Å². The number of hydrogen-bond acceptors (Lipinski definition) is 2. The van der Waals surface area contributed by atoms with Crippen molar-refractivity contribution in [3.8, 4) is 0 Å². The average molecular weight is 267 g/mol. The molecular weight excluding hydrogens is 248 g/mol. The first-order valence-electron chi connectivity index (χ1n) is 6.66. The lowest BCUT2D eigenvalue weighted by Crippen LogP contribution is -2.14. The number of furan rings is 1. The van der Waals surface area contributed by atoms with E-state index in [1.165, 1.54) is 0 Å². The molecule has 0 bridgehead atoms. The number of hydrogen-bond donors (Lipinski definition) is 1. The van der Waals surface area contributed by atoms with Gasteiger partial charge < -0.3 is 9.73 Å². The van der Waals surface area contributed by atoms with Crippen molar-refractivity contribution in [2.75, 3.05) is 6.54 Å². The molecule has 0 aliphatic rings. The van der Waals surface area contributed by atoms with Crippen molar-refractivity contribution in [1.82, 2.24) is 5.32 Å². The lowest BCUT2D eigenvalue weighted by atomic mass is 9.99. The second-order valence-electron chi connectivity index (χ2n) is 5.00. The van der Waals surface area contributed by atoms with Crippen LogP contribution in [0.4, 0.5) is 8.78 Å². The van der Waals surface area contributed by atoms with Gasteiger partial charge in [-0.1, -0.05) is 20.8 Å². The fourth-order valence-corrected chi connectivity index (χ4v) is 2.32. The Morgan fingerprint density at radius 3 is 2.53 bits per heavy atom. The summed E-state index contributed by atoms with van der Waals surface area (Å²) in [7, 11) is 0. The van der Waals surface area contributed by atoms with Crippen molar-refractivity contribution >= 4 is 11.0 Å². The van der Waals surface area contributed by atoms with Crippen LogP contribution in [0.15, 0.2) is 16.5 Å². The minimum Gasteiger partial charge on any atom is -0.456 e. The van der Waals surface area contributed by atoms with Gasteiger partial charge in [-0.2, -0.15) is 0 Å². The molecule has 1 heterocycles. The van der Waals surface area contributed by atoms with Gasteiger partial charge in [0, 0.05) is 5.56 Å². The maximum atomic E-state index is 13.9. The molecule has 0 unspecified atom stereocenters. The first-order chi connectivity index (χ1) is 9.06. The van der Waals surface area contributed by atoms with Crippen LogP contribution in [0.1, 0.15) is 44.4 Å². The monoisotopic (exact) mass is 267 g/mol. The van der Waals surface area contributed by atoms with Crippen molar-refractivity contribution in [2.24, 2.45) is 0 Å². The molecule has 2 rings (SSSR count). The number of rotatable bonds is 5. The van der Waals surface area contributed by atoms with Crippen molar-refractivity contribution in [2.45, 2.75) is 39.7 Å². The molecule has 1 aromatic carbocycles. The van der Waals surface area contributed by atoms with Crippen LogP contribution in [0.2, 0.25) is 0 Å². The van der Waals surface area contributed by atoms with Gasteiger partial charge in [0.2, 0.25) is 0 Å². The zero-order valence-electron chi connectivity index (χ0n) is 11.5. The Kier molecular flexibility index (Phi) is 4.20. The average Bonchev–Trinajstić information content (AvgIpc) is 2.75. The molecule has 4 heteroatoms. The van der Waals surface area contributed by atoms with E-state index in [1.807, 2.05) is 13.8 Å². The summed E-state index contributed by atoms with van der Waals surface area (Å²) in [6.45, 7) is 7.32. The molecule has 104 valence electrons. The van der Waals surface area contributed by atoms with Crippen molar-refractivity contribution < 1.29 is 13.2 Å². The van der Waals surface area contributed by atoms with E-state index in [-0.39, 0.29) is 16.9 Å². The molecule has 0 saturated carbocycles. The van der Waals surface area contributed by atoms with Gasteiger partial charge in [-0.25, -0.2) is 8.78 Å². The maximum Gasteiger partial charge on any atom is 0.173 e. The van der Waals surface area contributed by atoms with E-state index in [0.717, 1.165) is 30.7 Å². The van der Waals surface area contributed by atoms with E-state index in [4.69, 9.17) is 4.42 Å². The topological polar surface area (TPSA) is 25.2 Å². The Bertz CT molecular complexity index is 575. The Hall–Kier alpha value is -1.42. The van der Waals surface area contributed by atoms with Crippen LogP contribution in [0, 0.1) is 11.6 Å². The zero-order valence-corrected chi connectivity index (χ0v) is 11.5. The molecule has 0 aliphatic heterocycles. The Morgan fingerprint density at radius 2 is 1.89 bits per heavy atom. The molecule has 2 aromatic rings. The first-order valence-corrected chi connectivity index (χ1v) is 6.66. The molecule has 2 nitrogen and oxygen atoms in total. The Labute approximate surface area is 111 Å². The number of nitrogens with one attached hydrogen (secondary N) is 1. The van der Waals surface area contributed by atoms with Gasteiger partial charge in [0.25, 0.3) is 0 Å². The predicted octanol–water partition coefficient (Wildman–Crippen LogP) is 4.33. The molecule has 0 amide bonds. The van der Waals surface area contributed by atoms with E-state index >= 15 is 0 Å². The molecule has 0 radical (unpaired) electrons. The van der Waals surface area contributed by atoms with E-state index in [9.17, 15) is 8.78 Å². The Morgan fingerprint density at radius 1 is 1.21 bits per heavy atom. The van der Waals surface area contributed by atoms with Crippen LogP contribution >= 0.6 is 0 Å². The van der Waals surface area contributed by atoms with Gasteiger partial charge in [0.1, 0.15) is 11.6 Å². The predicted molar refractivity (Wildman–Crippen MR) is 72.2 cm³/mol. The third-order valence-corrected chi connectivity index (χ3v) is 3.14. The highest BCUT2D eigenvalue weighted by atomic mass is 19.1.